The van der Waals surface area contributed by atoms with Crippen molar-refractivity contribution >= 4 is 23.9 Å². The van der Waals surface area contributed by atoms with Crippen molar-refractivity contribution in [1.82, 2.24) is 10.6 Å². The Hall–Kier alpha value is -3.42. The fourth-order valence-electron chi connectivity index (χ4n) is 2.92. The fourth-order valence-corrected chi connectivity index (χ4v) is 2.92. The van der Waals surface area contributed by atoms with Crippen LogP contribution in [0.2, 0.25) is 0 Å². The molecular formula is C26H40N2O11. The molecule has 1 rings (SSSR count). The predicted molar refractivity (Wildman–Crippen MR) is 139 cm³/mol. The van der Waals surface area contributed by atoms with E-state index in [1.165, 1.54) is 32.4 Å². The second-order valence-corrected chi connectivity index (χ2v) is 8.92. The molecule has 220 valence electrons. The molecule has 2 amide bonds. The minimum atomic E-state index is -0.785. The largest absolute Gasteiger partial charge is 0.483 e. The van der Waals surface area contributed by atoms with E-state index >= 15 is 0 Å². The summed E-state index contributed by atoms with van der Waals surface area (Å²) in [5.74, 6) is -1.88. The molecule has 0 radical (unpaired) electrons. The molecule has 39 heavy (non-hydrogen) atoms. The SMILES string of the molecule is COC(=O)c1cccc(OCC(=O)NCCCOCCOCCOCCNC(=O)OC(C)(C)C)c1C(=O)OC. The number of nitrogens with one attached hydrogen (secondary N) is 2. The third-order valence-corrected chi connectivity index (χ3v) is 4.63. The van der Waals surface area contributed by atoms with Crippen molar-refractivity contribution in [3.05, 3.63) is 29.3 Å². The Morgan fingerprint density at radius 1 is 0.769 bits per heavy atom. The van der Waals surface area contributed by atoms with Crippen molar-refractivity contribution in [2.24, 2.45) is 0 Å². The molecule has 0 heterocycles. The second kappa shape index (κ2) is 18.8. The van der Waals surface area contributed by atoms with Gasteiger partial charge in [0.15, 0.2) is 6.61 Å². The highest BCUT2D eigenvalue weighted by Gasteiger charge is 2.23. The Morgan fingerprint density at radius 3 is 2.00 bits per heavy atom. The van der Waals surface area contributed by atoms with Crippen molar-refractivity contribution in [3.63, 3.8) is 0 Å². The van der Waals surface area contributed by atoms with Gasteiger partial charge in [-0.3, -0.25) is 4.79 Å². The molecule has 13 heteroatoms. The minimum Gasteiger partial charge on any atom is -0.483 e. The van der Waals surface area contributed by atoms with Gasteiger partial charge < -0.3 is 43.8 Å². The van der Waals surface area contributed by atoms with E-state index in [1.807, 2.05) is 0 Å². The van der Waals surface area contributed by atoms with Gasteiger partial charge in [-0.1, -0.05) is 6.07 Å². The summed E-state index contributed by atoms with van der Waals surface area (Å²) in [5, 5.41) is 5.28. The zero-order valence-electron chi connectivity index (χ0n) is 23.3. The monoisotopic (exact) mass is 556 g/mol. The molecule has 0 saturated heterocycles. The minimum absolute atomic E-state index is 0.0245. The zero-order valence-corrected chi connectivity index (χ0v) is 23.3. The van der Waals surface area contributed by atoms with E-state index < -0.39 is 29.5 Å². The number of ether oxygens (including phenoxy) is 7. The molecule has 0 atom stereocenters. The van der Waals surface area contributed by atoms with Gasteiger partial charge in [0.1, 0.15) is 16.9 Å². The normalized spacial score (nSPS) is 10.9. The standard InChI is InChI=1S/C26H40N2O11/c1-26(2,3)39-25(32)28-11-13-36-15-17-37-16-14-35-12-7-10-27-21(29)18-38-20-9-6-8-19(23(30)33-4)22(20)24(31)34-5/h6,8-9H,7,10-18H2,1-5H3,(H,27,29)(H,28,32). The number of carbonyl (C=O) groups is 4. The van der Waals surface area contributed by atoms with E-state index in [-0.39, 0.29) is 23.5 Å². The maximum atomic E-state index is 12.1. The summed E-state index contributed by atoms with van der Waals surface area (Å²) in [4.78, 5) is 47.6. The van der Waals surface area contributed by atoms with E-state index in [2.05, 4.69) is 15.4 Å². The van der Waals surface area contributed by atoms with Crippen LogP contribution in [0.1, 0.15) is 47.9 Å². The first kappa shape index (κ1) is 33.6. The Balaban J connectivity index is 2.09. The molecule has 1 aromatic carbocycles. The van der Waals surface area contributed by atoms with Crippen LogP contribution in [0.4, 0.5) is 4.79 Å². The molecule has 0 saturated carbocycles. The van der Waals surface area contributed by atoms with Gasteiger partial charge in [0.05, 0.1) is 52.8 Å². The first-order valence-electron chi connectivity index (χ1n) is 12.5. The number of hydrogen-bond acceptors (Lipinski definition) is 11. The lowest BCUT2D eigenvalue weighted by Crippen LogP contribution is -2.34. The van der Waals surface area contributed by atoms with E-state index in [0.29, 0.717) is 59.2 Å². The molecule has 0 aliphatic rings. The van der Waals surface area contributed by atoms with Crippen molar-refractivity contribution in [2.75, 3.05) is 73.6 Å². The number of methoxy groups -OCH3 is 2. The number of amides is 2. The van der Waals surface area contributed by atoms with Crippen LogP contribution >= 0.6 is 0 Å². The maximum absolute atomic E-state index is 12.1. The summed E-state index contributed by atoms with van der Waals surface area (Å²) >= 11 is 0. The molecule has 0 fully saturated rings. The van der Waals surface area contributed by atoms with Gasteiger partial charge in [-0.15, -0.1) is 0 Å². The van der Waals surface area contributed by atoms with Gasteiger partial charge in [-0.05, 0) is 39.3 Å². The van der Waals surface area contributed by atoms with Crippen LogP contribution in [-0.2, 0) is 33.2 Å². The Kier molecular flexibility index (Phi) is 16.2. The molecule has 1 aromatic rings. The van der Waals surface area contributed by atoms with Gasteiger partial charge in [-0.2, -0.15) is 0 Å². The third kappa shape index (κ3) is 14.9. The van der Waals surface area contributed by atoms with E-state index in [1.54, 1.807) is 20.8 Å². The lowest BCUT2D eigenvalue weighted by Gasteiger charge is -2.19. The van der Waals surface area contributed by atoms with Crippen LogP contribution in [-0.4, -0.2) is 103 Å². The average Bonchev–Trinajstić information content (AvgIpc) is 2.89. The number of rotatable bonds is 18. The Bertz CT molecular complexity index is 916. The summed E-state index contributed by atoms with van der Waals surface area (Å²) in [5.41, 5.74) is -0.675. The highest BCUT2D eigenvalue weighted by molar-refractivity contribution is 6.05. The third-order valence-electron chi connectivity index (χ3n) is 4.63. The van der Waals surface area contributed by atoms with Crippen LogP contribution in [0.5, 0.6) is 5.75 Å². The number of hydrogen-bond donors (Lipinski definition) is 2. The fraction of sp³-hybridized carbons (Fsp3) is 0.615. The van der Waals surface area contributed by atoms with Crippen LogP contribution in [0.25, 0.3) is 0 Å². The van der Waals surface area contributed by atoms with E-state index in [4.69, 9.17) is 28.4 Å². The van der Waals surface area contributed by atoms with Crippen molar-refractivity contribution in [3.8, 4) is 5.75 Å². The maximum Gasteiger partial charge on any atom is 0.407 e. The van der Waals surface area contributed by atoms with Gasteiger partial charge in [-0.25, -0.2) is 14.4 Å². The Morgan fingerprint density at radius 2 is 1.38 bits per heavy atom. The lowest BCUT2D eigenvalue weighted by molar-refractivity contribution is -0.123. The van der Waals surface area contributed by atoms with Gasteiger partial charge in [0.2, 0.25) is 0 Å². The molecule has 0 aliphatic carbocycles. The number of carbonyl (C=O) groups excluding carboxylic acids is 4. The number of alkyl carbamates (subject to hydrolysis) is 1. The van der Waals surface area contributed by atoms with E-state index in [9.17, 15) is 19.2 Å². The van der Waals surface area contributed by atoms with Gasteiger partial charge >= 0.3 is 18.0 Å². The van der Waals surface area contributed by atoms with Crippen molar-refractivity contribution in [2.45, 2.75) is 32.8 Å². The molecule has 13 nitrogen and oxygen atoms in total. The highest BCUT2D eigenvalue weighted by Crippen LogP contribution is 2.24. The Labute approximate surface area is 228 Å². The van der Waals surface area contributed by atoms with Crippen LogP contribution in [0.15, 0.2) is 18.2 Å². The molecule has 0 unspecified atom stereocenters. The molecule has 0 bridgehead atoms. The van der Waals surface area contributed by atoms with Crippen molar-refractivity contribution < 1.29 is 52.3 Å². The summed E-state index contributed by atoms with van der Waals surface area (Å²) < 4.78 is 36.2. The van der Waals surface area contributed by atoms with Crippen molar-refractivity contribution in [1.29, 1.82) is 0 Å². The first-order chi connectivity index (χ1) is 18.6. The lowest BCUT2D eigenvalue weighted by atomic mass is 10.1. The topological polar surface area (TPSA) is 157 Å². The van der Waals surface area contributed by atoms with Crippen LogP contribution < -0.4 is 15.4 Å². The summed E-state index contributed by atoms with van der Waals surface area (Å²) in [6.45, 7) is 8.07. The van der Waals surface area contributed by atoms with E-state index in [0.717, 1.165) is 0 Å². The molecule has 2 N–H and O–H groups in total. The second-order valence-electron chi connectivity index (χ2n) is 8.92. The molecule has 0 spiro atoms. The first-order valence-corrected chi connectivity index (χ1v) is 12.5. The molecule has 0 aliphatic heterocycles. The summed E-state index contributed by atoms with van der Waals surface area (Å²) in [6.07, 6.45) is 0.0921. The molecule has 0 aromatic heterocycles. The van der Waals surface area contributed by atoms with Crippen LogP contribution in [0, 0.1) is 0 Å². The zero-order chi connectivity index (χ0) is 29.1. The van der Waals surface area contributed by atoms with Gasteiger partial charge in [0.25, 0.3) is 5.91 Å². The van der Waals surface area contributed by atoms with Crippen LogP contribution in [0.3, 0.4) is 0 Å². The summed E-state index contributed by atoms with van der Waals surface area (Å²) in [7, 11) is 2.36. The predicted octanol–water partition coefficient (Wildman–Crippen LogP) is 1.72. The number of esters is 2. The smallest absolute Gasteiger partial charge is 0.407 e. The number of benzene rings is 1. The summed E-state index contributed by atoms with van der Waals surface area (Å²) in [6, 6.07) is 4.36. The highest BCUT2D eigenvalue weighted by atomic mass is 16.6. The van der Waals surface area contributed by atoms with Gasteiger partial charge in [0, 0.05) is 19.7 Å². The molecular weight excluding hydrogens is 516 g/mol. The average molecular weight is 557 g/mol. The quantitative estimate of drug-likeness (QED) is 0.154.